The molecule has 1 aliphatic rings. The molecule has 0 fully saturated rings. The Kier molecular flexibility index (Phi) is 7.96. The predicted molar refractivity (Wildman–Crippen MR) is 236 cm³/mol. The Morgan fingerprint density at radius 2 is 0.772 bits per heavy atom. The molecule has 0 aliphatic heterocycles. The van der Waals surface area contributed by atoms with E-state index in [0.29, 0.717) is 5.95 Å². The van der Waals surface area contributed by atoms with Crippen molar-refractivity contribution < 1.29 is 0 Å². The smallest absolute Gasteiger partial charge is 0.235 e. The molecule has 10 aromatic rings. The number of benzene rings is 8. The fraction of sp³-hybridized carbons (Fsp3) is 0.0370. The number of aromatic nitrogens is 3. The van der Waals surface area contributed by atoms with Crippen LogP contribution >= 0.6 is 0 Å². The maximum atomic E-state index is 5.40. The second-order valence-corrected chi connectivity index (χ2v) is 15.0. The van der Waals surface area contributed by atoms with Gasteiger partial charge in [0.05, 0.1) is 22.4 Å². The molecular formula is C54H37N3. The van der Waals surface area contributed by atoms with Crippen LogP contribution in [0.4, 0.5) is 0 Å². The molecule has 57 heavy (non-hydrogen) atoms. The lowest BCUT2D eigenvalue weighted by Crippen LogP contribution is -2.05. The van der Waals surface area contributed by atoms with E-state index in [2.05, 4.69) is 205 Å². The summed E-state index contributed by atoms with van der Waals surface area (Å²) in [6.45, 7) is 0. The van der Waals surface area contributed by atoms with E-state index in [4.69, 9.17) is 9.97 Å². The molecule has 1 aliphatic carbocycles. The highest BCUT2D eigenvalue weighted by Gasteiger charge is 2.22. The quantitative estimate of drug-likeness (QED) is 0.181. The Bertz CT molecular complexity index is 3100. The number of rotatable bonds is 4. The molecule has 0 spiro atoms. The first-order valence-electron chi connectivity index (χ1n) is 19.7. The lowest BCUT2D eigenvalue weighted by molar-refractivity contribution is 0.994. The lowest BCUT2D eigenvalue weighted by Gasteiger charge is -2.21. The average molecular weight is 728 g/mol. The van der Waals surface area contributed by atoms with Crippen molar-refractivity contribution in [2.45, 2.75) is 12.8 Å². The molecule has 11 rings (SSSR count). The van der Waals surface area contributed by atoms with Gasteiger partial charge >= 0.3 is 0 Å². The van der Waals surface area contributed by atoms with E-state index in [0.717, 1.165) is 46.4 Å². The monoisotopic (exact) mass is 727 g/mol. The Labute approximate surface area is 332 Å². The van der Waals surface area contributed by atoms with Crippen LogP contribution in [0.1, 0.15) is 22.3 Å². The van der Waals surface area contributed by atoms with Crippen LogP contribution in [0.2, 0.25) is 0 Å². The zero-order valence-corrected chi connectivity index (χ0v) is 31.3. The number of hydrogen-bond acceptors (Lipinski definition) is 2. The first-order valence-corrected chi connectivity index (χ1v) is 19.7. The molecule has 0 radical (unpaired) electrons. The van der Waals surface area contributed by atoms with Crippen molar-refractivity contribution in [3.05, 3.63) is 222 Å². The first-order chi connectivity index (χ1) is 28.2. The predicted octanol–water partition coefficient (Wildman–Crippen LogP) is 13.4. The Morgan fingerprint density at radius 1 is 0.316 bits per heavy atom. The summed E-state index contributed by atoms with van der Waals surface area (Å²) in [6, 6.07) is 72.1. The summed E-state index contributed by atoms with van der Waals surface area (Å²) in [5.74, 6) is 0.652. The SMILES string of the molecule is c1ccc(-c2ccc(-c3cc(-c4ccccc4)nc(-n4c5ccccc5c5cc6c(cc54)Cc4ccccc4-c4ccccc4Cc4ccccc4-6)n3)cc2)cc1. The minimum Gasteiger partial charge on any atom is -0.278 e. The molecule has 0 atom stereocenters. The van der Waals surface area contributed by atoms with Crippen LogP contribution in [0.5, 0.6) is 0 Å². The van der Waals surface area contributed by atoms with Gasteiger partial charge in [-0.15, -0.1) is 0 Å². The molecule has 0 amide bonds. The van der Waals surface area contributed by atoms with Crippen LogP contribution in [0.15, 0.2) is 200 Å². The maximum absolute atomic E-state index is 5.40. The second-order valence-electron chi connectivity index (χ2n) is 15.0. The van der Waals surface area contributed by atoms with Crippen molar-refractivity contribution in [1.29, 1.82) is 0 Å². The molecule has 2 heterocycles. The largest absolute Gasteiger partial charge is 0.278 e. The second kappa shape index (κ2) is 13.7. The Hall–Kier alpha value is -7.36. The summed E-state index contributed by atoms with van der Waals surface area (Å²) in [5, 5.41) is 2.37. The van der Waals surface area contributed by atoms with Crippen LogP contribution in [0.25, 0.3) is 83.6 Å². The van der Waals surface area contributed by atoms with E-state index in [9.17, 15) is 0 Å². The van der Waals surface area contributed by atoms with Crippen LogP contribution in [-0.2, 0) is 12.8 Å². The van der Waals surface area contributed by atoms with E-state index in [1.165, 1.54) is 66.4 Å². The van der Waals surface area contributed by atoms with Gasteiger partial charge in [-0.3, -0.25) is 4.57 Å². The topological polar surface area (TPSA) is 30.7 Å². The van der Waals surface area contributed by atoms with Gasteiger partial charge in [0, 0.05) is 21.9 Å². The van der Waals surface area contributed by atoms with Crippen LogP contribution in [0.3, 0.4) is 0 Å². The number of hydrogen-bond donors (Lipinski definition) is 0. The summed E-state index contributed by atoms with van der Waals surface area (Å²) in [5.41, 5.74) is 18.8. The fourth-order valence-corrected chi connectivity index (χ4v) is 8.80. The molecule has 0 unspecified atom stereocenters. The van der Waals surface area contributed by atoms with Gasteiger partial charge in [0.15, 0.2) is 0 Å². The van der Waals surface area contributed by atoms with Crippen molar-refractivity contribution in [1.82, 2.24) is 14.5 Å². The number of para-hydroxylation sites is 1. The summed E-state index contributed by atoms with van der Waals surface area (Å²) < 4.78 is 2.28. The first kappa shape index (κ1) is 33.0. The van der Waals surface area contributed by atoms with E-state index >= 15 is 0 Å². The third-order valence-electron chi connectivity index (χ3n) is 11.6. The van der Waals surface area contributed by atoms with Gasteiger partial charge in [0.2, 0.25) is 5.95 Å². The van der Waals surface area contributed by atoms with Gasteiger partial charge in [0.25, 0.3) is 0 Å². The average Bonchev–Trinajstić information content (AvgIpc) is 3.60. The van der Waals surface area contributed by atoms with Crippen LogP contribution in [-0.4, -0.2) is 14.5 Å². The van der Waals surface area contributed by atoms with Crippen molar-refractivity contribution in [2.24, 2.45) is 0 Å². The molecule has 0 N–H and O–H groups in total. The molecule has 0 saturated heterocycles. The number of nitrogens with zero attached hydrogens (tertiary/aromatic N) is 3. The fourth-order valence-electron chi connectivity index (χ4n) is 8.80. The highest BCUT2D eigenvalue weighted by Crippen LogP contribution is 2.42. The summed E-state index contributed by atoms with van der Waals surface area (Å²) in [4.78, 5) is 10.8. The summed E-state index contributed by atoms with van der Waals surface area (Å²) in [7, 11) is 0. The molecule has 268 valence electrons. The van der Waals surface area contributed by atoms with Crippen molar-refractivity contribution in [3.63, 3.8) is 0 Å². The van der Waals surface area contributed by atoms with Gasteiger partial charge in [-0.2, -0.15) is 0 Å². The van der Waals surface area contributed by atoms with Crippen molar-refractivity contribution >= 4 is 21.8 Å². The van der Waals surface area contributed by atoms with E-state index in [1.807, 2.05) is 0 Å². The summed E-state index contributed by atoms with van der Waals surface area (Å²) >= 11 is 0. The molecule has 2 aromatic heterocycles. The van der Waals surface area contributed by atoms with Gasteiger partial charge < -0.3 is 0 Å². The van der Waals surface area contributed by atoms with Gasteiger partial charge in [0.1, 0.15) is 0 Å². The molecule has 3 nitrogen and oxygen atoms in total. The zero-order chi connectivity index (χ0) is 37.7. The number of fused-ring (bicyclic) bond motifs is 9. The lowest BCUT2D eigenvalue weighted by atomic mass is 9.83. The highest BCUT2D eigenvalue weighted by molar-refractivity contribution is 6.11. The van der Waals surface area contributed by atoms with Gasteiger partial charge in [-0.05, 0) is 92.7 Å². The third-order valence-corrected chi connectivity index (χ3v) is 11.6. The van der Waals surface area contributed by atoms with Gasteiger partial charge in [-0.25, -0.2) is 9.97 Å². The Morgan fingerprint density at radius 3 is 1.40 bits per heavy atom. The summed E-state index contributed by atoms with van der Waals surface area (Å²) in [6.07, 6.45) is 1.64. The zero-order valence-electron chi connectivity index (χ0n) is 31.3. The van der Waals surface area contributed by atoms with Crippen LogP contribution < -0.4 is 0 Å². The van der Waals surface area contributed by atoms with E-state index < -0.39 is 0 Å². The molecule has 0 bridgehead atoms. The highest BCUT2D eigenvalue weighted by atomic mass is 15.2. The minimum atomic E-state index is 0.652. The van der Waals surface area contributed by atoms with Gasteiger partial charge in [-0.1, -0.05) is 176 Å². The van der Waals surface area contributed by atoms with Crippen LogP contribution in [0, 0.1) is 0 Å². The normalized spacial score (nSPS) is 12.1. The van der Waals surface area contributed by atoms with E-state index in [-0.39, 0.29) is 0 Å². The molecular weight excluding hydrogens is 691 g/mol. The maximum Gasteiger partial charge on any atom is 0.235 e. The molecule has 0 saturated carbocycles. The van der Waals surface area contributed by atoms with Crippen molar-refractivity contribution in [2.75, 3.05) is 0 Å². The molecule has 8 aromatic carbocycles. The Balaban J connectivity index is 1.16. The van der Waals surface area contributed by atoms with E-state index in [1.54, 1.807) is 0 Å². The molecule has 3 heteroatoms. The minimum absolute atomic E-state index is 0.652. The van der Waals surface area contributed by atoms with Crippen molar-refractivity contribution in [3.8, 4) is 61.8 Å². The standard InChI is InChI=1S/C54H37N3/c1-3-15-36(16-4-1)37-27-29-39(30-28-37)51-35-50(38-17-5-2-6-18-38)55-54(56-51)57-52-26-14-13-25-47(52)49-34-48-43(33-53(49)57)32-42-21-8-11-23-45(42)44-22-10-7-19-40(44)31-41-20-9-12-24-46(41)48/h1-30,33-35H,31-32H2. The third kappa shape index (κ3) is 5.84.